The molecule has 1 aliphatic rings. The maximum atomic E-state index is 8.89. The molecule has 17 heavy (non-hydrogen) atoms. The molecule has 1 atom stereocenters. The lowest BCUT2D eigenvalue weighted by molar-refractivity contribution is -0.788. The summed E-state index contributed by atoms with van der Waals surface area (Å²) < 4.78 is 0. The summed E-state index contributed by atoms with van der Waals surface area (Å²) in [6.07, 6.45) is 13.5. The molecule has 0 fully saturated rings. The normalized spacial score (nSPS) is 17.4. The summed E-state index contributed by atoms with van der Waals surface area (Å²) in [5.41, 5.74) is 1.49. The summed E-state index contributed by atoms with van der Waals surface area (Å²) in [5.74, 6) is -1.08. The minimum absolute atomic E-state index is 0.972. The quantitative estimate of drug-likeness (QED) is 0.704. The van der Waals surface area contributed by atoms with E-state index in [1.807, 2.05) is 0 Å². The van der Waals surface area contributed by atoms with E-state index in [0.717, 1.165) is 6.92 Å². The molecule has 0 saturated heterocycles. The predicted octanol–water partition coefficient (Wildman–Crippen LogP) is 1.03. The Labute approximate surface area is 105 Å². The monoisotopic (exact) mass is 239 g/mol. The average Bonchev–Trinajstić information content (AvgIpc) is 2.71. The standard InChI is InChI=1S/C12H21N.C2H4O2/c1-3-5-6-7-9-13-10-8-12(4-2)11-13;1-2(3)4/h8,10-11H,3-7,9H2,1-2H3;1H3,(H,3,4). The SMILES string of the molecule is CC(=O)[O-].CCCCCC[NH+]1C=CC(CC)=C1. The van der Waals surface area contributed by atoms with Crippen LogP contribution in [-0.2, 0) is 4.79 Å². The largest absolute Gasteiger partial charge is 0.550 e. The molecule has 0 aromatic rings. The molecule has 1 heterocycles. The van der Waals surface area contributed by atoms with Crippen LogP contribution in [-0.4, -0.2) is 12.5 Å². The van der Waals surface area contributed by atoms with Crippen molar-refractivity contribution < 1.29 is 14.8 Å². The lowest BCUT2D eigenvalue weighted by Gasteiger charge is -2.05. The van der Waals surface area contributed by atoms with Crippen molar-refractivity contribution in [2.75, 3.05) is 6.54 Å². The zero-order valence-electron chi connectivity index (χ0n) is 11.3. The van der Waals surface area contributed by atoms with Crippen molar-refractivity contribution in [3.8, 4) is 0 Å². The number of rotatable bonds is 6. The van der Waals surface area contributed by atoms with Gasteiger partial charge in [0.15, 0.2) is 0 Å². The molecule has 1 N–H and O–H groups in total. The van der Waals surface area contributed by atoms with Gasteiger partial charge >= 0.3 is 0 Å². The van der Waals surface area contributed by atoms with Gasteiger partial charge in [-0.25, -0.2) is 0 Å². The third-order valence-corrected chi connectivity index (χ3v) is 2.61. The number of nitrogens with one attached hydrogen (secondary N) is 1. The number of allylic oxidation sites excluding steroid dienone is 2. The average molecular weight is 239 g/mol. The Bertz CT molecular complexity index is 265. The molecule has 3 heteroatoms. The molecule has 1 rings (SSSR count). The maximum Gasteiger partial charge on any atom is 0.102 e. The smallest absolute Gasteiger partial charge is 0.102 e. The van der Waals surface area contributed by atoms with Gasteiger partial charge < -0.3 is 9.90 Å². The molecule has 0 bridgehead atoms. The number of carbonyl (C=O) groups excluding carboxylic acids is 1. The number of aliphatic carboxylic acids is 1. The summed E-state index contributed by atoms with van der Waals surface area (Å²) in [4.78, 5) is 10.4. The lowest BCUT2D eigenvalue weighted by atomic mass is 10.2. The molecular weight excluding hydrogens is 214 g/mol. The summed E-state index contributed by atoms with van der Waals surface area (Å²) in [7, 11) is 0. The fourth-order valence-corrected chi connectivity index (χ4v) is 1.68. The molecule has 98 valence electrons. The van der Waals surface area contributed by atoms with Crippen LogP contribution in [0.4, 0.5) is 0 Å². The van der Waals surface area contributed by atoms with Gasteiger partial charge in [-0.05, 0) is 26.2 Å². The van der Waals surface area contributed by atoms with Gasteiger partial charge in [0.2, 0.25) is 0 Å². The molecule has 3 nitrogen and oxygen atoms in total. The Morgan fingerprint density at radius 3 is 2.41 bits per heavy atom. The van der Waals surface area contributed by atoms with Crippen molar-refractivity contribution in [1.29, 1.82) is 0 Å². The van der Waals surface area contributed by atoms with Gasteiger partial charge in [-0.15, -0.1) is 0 Å². The van der Waals surface area contributed by atoms with Gasteiger partial charge in [-0.3, -0.25) is 4.90 Å². The number of quaternary nitrogens is 1. The van der Waals surface area contributed by atoms with Gasteiger partial charge in [0.25, 0.3) is 0 Å². The van der Waals surface area contributed by atoms with Crippen molar-refractivity contribution in [3.05, 3.63) is 24.0 Å². The van der Waals surface area contributed by atoms with E-state index in [9.17, 15) is 0 Å². The molecular formula is C14H25NO2. The van der Waals surface area contributed by atoms with E-state index >= 15 is 0 Å². The Morgan fingerprint density at radius 2 is 1.94 bits per heavy atom. The molecule has 1 aliphatic heterocycles. The van der Waals surface area contributed by atoms with E-state index in [1.54, 1.807) is 0 Å². The van der Waals surface area contributed by atoms with Crippen LogP contribution in [0.15, 0.2) is 24.0 Å². The van der Waals surface area contributed by atoms with E-state index in [2.05, 4.69) is 32.3 Å². The topological polar surface area (TPSA) is 44.6 Å². The summed E-state index contributed by atoms with van der Waals surface area (Å²) in [6, 6.07) is 0. The van der Waals surface area contributed by atoms with Crippen molar-refractivity contribution >= 4 is 5.97 Å². The van der Waals surface area contributed by atoms with Crippen LogP contribution in [0.1, 0.15) is 52.9 Å². The number of hydrogen-bond donors (Lipinski definition) is 1. The van der Waals surface area contributed by atoms with Crippen molar-refractivity contribution in [2.24, 2.45) is 0 Å². The van der Waals surface area contributed by atoms with Crippen LogP contribution in [0.2, 0.25) is 0 Å². The zero-order valence-corrected chi connectivity index (χ0v) is 11.3. The van der Waals surface area contributed by atoms with E-state index in [1.165, 1.54) is 49.1 Å². The van der Waals surface area contributed by atoms with E-state index in [4.69, 9.17) is 9.90 Å². The third kappa shape index (κ3) is 9.82. The second-order valence-corrected chi connectivity index (χ2v) is 4.28. The zero-order chi connectivity index (χ0) is 13.1. The number of unbranched alkanes of at least 4 members (excludes halogenated alkanes) is 3. The Kier molecular flexibility index (Phi) is 9.44. The minimum Gasteiger partial charge on any atom is -0.550 e. The van der Waals surface area contributed by atoms with Crippen LogP contribution >= 0.6 is 0 Å². The lowest BCUT2D eigenvalue weighted by Crippen LogP contribution is -3.01. The first kappa shape index (κ1) is 15.9. The maximum absolute atomic E-state index is 8.89. The molecule has 0 saturated carbocycles. The number of carbonyl (C=O) groups is 1. The molecule has 0 aromatic heterocycles. The summed E-state index contributed by atoms with van der Waals surface area (Å²) >= 11 is 0. The highest BCUT2D eigenvalue weighted by molar-refractivity contribution is 5.60. The Morgan fingerprint density at radius 1 is 1.29 bits per heavy atom. The highest BCUT2D eigenvalue weighted by atomic mass is 16.4. The fourth-order valence-electron chi connectivity index (χ4n) is 1.68. The summed E-state index contributed by atoms with van der Waals surface area (Å²) in [5, 5.41) is 8.89. The van der Waals surface area contributed by atoms with Crippen molar-refractivity contribution in [3.63, 3.8) is 0 Å². The predicted molar refractivity (Wildman–Crippen MR) is 68.2 cm³/mol. The molecule has 0 radical (unpaired) electrons. The fraction of sp³-hybridized carbons (Fsp3) is 0.643. The van der Waals surface area contributed by atoms with Crippen LogP contribution in [0, 0.1) is 0 Å². The third-order valence-electron chi connectivity index (χ3n) is 2.61. The number of carboxylic acid groups (broad SMARTS) is 1. The molecule has 0 aliphatic carbocycles. The number of hydrogen-bond acceptors (Lipinski definition) is 2. The van der Waals surface area contributed by atoms with Gasteiger partial charge in [0, 0.05) is 17.6 Å². The Hall–Kier alpha value is -1.09. The van der Waals surface area contributed by atoms with Crippen LogP contribution < -0.4 is 10.0 Å². The molecule has 0 amide bonds. The van der Waals surface area contributed by atoms with E-state index < -0.39 is 5.97 Å². The Balaban J connectivity index is 0.000000557. The van der Waals surface area contributed by atoms with Gasteiger partial charge in [-0.1, -0.05) is 26.7 Å². The highest BCUT2D eigenvalue weighted by Crippen LogP contribution is 2.02. The van der Waals surface area contributed by atoms with Gasteiger partial charge in [0.1, 0.15) is 6.20 Å². The summed E-state index contributed by atoms with van der Waals surface area (Å²) in [6.45, 7) is 6.73. The van der Waals surface area contributed by atoms with Crippen molar-refractivity contribution in [1.82, 2.24) is 0 Å². The van der Waals surface area contributed by atoms with Gasteiger partial charge in [0.05, 0.1) is 12.7 Å². The minimum atomic E-state index is -1.08. The first-order chi connectivity index (χ1) is 8.10. The molecule has 0 aromatic carbocycles. The van der Waals surface area contributed by atoms with E-state index in [-0.39, 0.29) is 0 Å². The van der Waals surface area contributed by atoms with Crippen LogP contribution in [0.25, 0.3) is 0 Å². The number of carboxylic acids is 1. The second-order valence-electron chi connectivity index (χ2n) is 4.28. The van der Waals surface area contributed by atoms with Crippen LogP contribution in [0.5, 0.6) is 0 Å². The van der Waals surface area contributed by atoms with E-state index in [0.29, 0.717) is 0 Å². The molecule has 0 spiro atoms. The molecule has 1 unspecified atom stereocenters. The van der Waals surface area contributed by atoms with Crippen molar-refractivity contribution in [2.45, 2.75) is 52.9 Å². The van der Waals surface area contributed by atoms with Crippen LogP contribution in [0.3, 0.4) is 0 Å². The second kappa shape index (κ2) is 10.1. The van der Waals surface area contributed by atoms with Gasteiger partial charge in [-0.2, -0.15) is 0 Å². The first-order valence-corrected chi connectivity index (χ1v) is 6.52. The first-order valence-electron chi connectivity index (χ1n) is 6.52. The highest BCUT2D eigenvalue weighted by Gasteiger charge is 2.08.